The molecule has 4 unspecified atom stereocenters. The number of aromatic amines is 1. The van der Waals surface area contributed by atoms with Crippen molar-refractivity contribution in [3.05, 3.63) is 32.9 Å². The zero-order valence-corrected chi connectivity index (χ0v) is 19.1. The van der Waals surface area contributed by atoms with E-state index in [-0.39, 0.29) is 25.5 Å². The number of hydrogen-bond donors (Lipinski definition) is 3. The minimum absolute atomic E-state index is 0.0800. The highest BCUT2D eigenvalue weighted by Gasteiger charge is 2.49. The van der Waals surface area contributed by atoms with Gasteiger partial charge in [0.15, 0.2) is 14.1 Å². The molecule has 1 saturated heterocycles. The number of nitrogens with one attached hydrogen (secondary N) is 3. The number of hydrogen-bond acceptors (Lipinski definition) is 9. The SMILES string of the molecule is CC(C)OC(=O)C(C)NP(NCC=O)OCC1(C(F)F)CCC(n2cc(F)c(=O)[nH]c2=O)O1. The van der Waals surface area contributed by atoms with Crippen molar-refractivity contribution in [3.63, 3.8) is 0 Å². The van der Waals surface area contributed by atoms with E-state index in [9.17, 15) is 32.3 Å². The third-order valence-electron chi connectivity index (χ3n) is 4.59. The monoisotopic (exact) mass is 498 g/mol. The van der Waals surface area contributed by atoms with Crippen LogP contribution in [0, 0.1) is 5.82 Å². The van der Waals surface area contributed by atoms with Crippen molar-refractivity contribution in [2.24, 2.45) is 0 Å². The third-order valence-corrected chi connectivity index (χ3v) is 6.07. The van der Waals surface area contributed by atoms with Gasteiger partial charge in [0.2, 0.25) is 5.82 Å². The molecule has 0 aliphatic carbocycles. The molecule has 1 aliphatic heterocycles. The van der Waals surface area contributed by atoms with Crippen molar-refractivity contribution in [2.75, 3.05) is 13.2 Å². The van der Waals surface area contributed by atoms with Gasteiger partial charge >= 0.3 is 11.7 Å². The Kier molecular flexibility index (Phi) is 9.73. The Labute approximate surface area is 187 Å². The first-order valence-corrected chi connectivity index (χ1v) is 11.3. The first-order chi connectivity index (χ1) is 15.5. The van der Waals surface area contributed by atoms with Gasteiger partial charge in [-0.3, -0.25) is 24.2 Å². The van der Waals surface area contributed by atoms with Crippen LogP contribution < -0.4 is 21.4 Å². The van der Waals surface area contributed by atoms with E-state index < -0.39 is 62.4 Å². The number of aldehydes is 1. The average molecular weight is 498 g/mol. The first-order valence-electron chi connectivity index (χ1n) is 10.0. The molecule has 11 nitrogen and oxygen atoms in total. The molecule has 33 heavy (non-hydrogen) atoms. The zero-order valence-electron chi connectivity index (χ0n) is 18.2. The lowest BCUT2D eigenvalue weighted by Crippen LogP contribution is -2.44. The van der Waals surface area contributed by atoms with Gasteiger partial charge in [0.05, 0.1) is 25.5 Å². The number of carbonyl (C=O) groups is 2. The van der Waals surface area contributed by atoms with Gasteiger partial charge in [-0.25, -0.2) is 18.7 Å². The van der Waals surface area contributed by atoms with E-state index in [4.69, 9.17) is 14.0 Å². The molecule has 1 fully saturated rings. The summed E-state index contributed by atoms with van der Waals surface area (Å²) in [5.41, 5.74) is -4.39. The minimum Gasteiger partial charge on any atom is -0.462 e. The predicted octanol–water partition coefficient (Wildman–Crippen LogP) is 0.950. The van der Waals surface area contributed by atoms with E-state index in [1.54, 1.807) is 18.8 Å². The molecule has 4 atom stereocenters. The maximum Gasteiger partial charge on any atom is 0.330 e. The number of aromatic nitrogens is 2. The summed E-state index contributed by atoms with van der Waals surface area (Å²) in [5.74, 6) is -1.87. The molecule has 2 rings (SSSR count). The Morgan fingerprint density at radius 2 is 2.12 bits per heavy atom. The summed E-state index contributed by atoms with van der Waals surface area (Å²) in [6.45, 7) is 3.96. The van der Waals surface area contributed by atoms with Gasteiger partial charge in [0.25, 0.3) is 12.0 Å². The molecule has 2 heterocycles. The fourth-order valence-corrected chi connectivity index (χ4v) is 4.24. The van der Waals surface area contributed by atoms with Gasteiger partial charge in [-0.1, -0.05) is 0 Å². The molecule has 0 spiro atoms. The standard InChI is InChI=1S/C18H26F3N4O7P/c1-10(2)31-15(28)11(3)24-33(22-6-7-26)30-9-18(16(20)21)5-4-13(32-18)25-8-12(19)14(27)23-17(25)29/h7-8,10-11,13,16,22,24H,4-6,9H2,1-3H3,(H,23,27,29). The van der Waals surface area contributed by atoms with Crippen LogP contribution in [0.4, 0.5) is 13.2 Å². The van der Waals surface area contributed by atoms with Crippen LogP contribution in [0.5, 0.6) is 0 Å². The summed E-state index contributed by atoms with van der Waals surface area (Å²) in [7, 11) is -1.94. The molecule has 1 aliphatic rings. The summed E-state index contributed by atoms with van der Waals surface area (Å²) in [6.07, 6.45) is -3.88. The average Bonchev–Trinajstić information content (AvgIpc) is 3.17. The lowest BCUT2D eigenvalue weighted by molar-refractivity contribution is -0.165. The Morgan fingerprint density at radius 1 is 1.42 bits per heavy atom. The van der Waals surface area contributed by atoms with Gasteiger partial charge in [-0.05, 0) is 33.6 Å². The molecule has 186 valence electrons. The van der Waals surface area contributed by atoms with Gasteiger partial charge in [0, 0.05) is 0 Å². The highest BCUT2D eigenvalue weighted by Crippen LogP contribution is 2.42. The predicted molar refractivity (Wildman–Crippen MR) is 110 cm³/mol. The molecular weight excluding hydrogens is 472 g/mol. The van der Waals surface area contributed by atoms with Crippen LogP contribution in [0.15, 0.2) is 15.8 Å². The fraction of sp³-hybridized carbons (Fsp3) is 0.667. The van der Waals surface area contributed by atoms with Crippen LogP contribution in [0.2, 0.25) is 0 Å². The number of nitrogens with zero attached hydrogens (tertiary/aromatic N) is 1. The van der Waals surface area contributed by atoms with Crippen LogP contribution >= 0.6 is 8.45 Å². The molecule has 3 N–H and O–H groups in total. The summed E-state index contributed by atoms with van der Waals surface area (Å²) in [6, 6.07) is -0.875. The largest absolute Gasteiger partial charge is 0.462 e. The maximum absolute atomic E-state index is 14.0. The second-order valence-corrected chi connectivity index (χ2v) is 8.97. The van der Waals surface area contributed by atoms with Crippen molar-refractivity contribution in [3.8, 4) is 0 Å². The molecule has 0 bridgehead atoms. The normalized spacial score (nSPS) is 22.5. The van der Waals surface area contributed by atoms with E-state index in [1.165, 1.54) is 6.92 Å². The van der Waals surface area contributed by atoms with Crippen molar-refractivity contribution in [1.29, 1.82) is 0 Å². The van der Waals surface area contributed by atoms with Crippen LogP contribution in [-0.4, -0.2) is 59.1 Å². The van der Waals surface area contributed by atoms with Crippen LogP contribution in [0.3, 0.4) is 0 Å². The van der Waals surface area contributed by atoms with E-state index in [0.717, 1.165) is 0 Å². The van der Waals surface area contributed by atoms with Crippen molar-refractivity contribution in [1.82, 2.24) is 19.7 Å². The van der Waals surface area contributed by atoms with Gasteiger partial charge in [-0.2, -0.15) is 4.39 Å². The highest BCUT2D eigenvalue weighted by molar-refractivity contribution is 7.48. The topological polar surface area (TPSA) is 141 Å². The van der Waals surface area contributed by atoms with E-state index >= 15 is 0 Å². The third kappa shape index (κ3) is 7.18. The second kappa shape index (κ2) is 11.8. The Hall–Kier alpha value is -2.12. The second-order valence-electron chi connectivity index (χ2n) is 7.55. The van der Waals surface area contributed by atoms with E-state index in [2.05, 4.69) is 10.2 Å². The maximum atomic E-state index is 14.0. The smallest absolute Gasteiger partial charge is 0.330 e. The van der Waals surface area contributed by atoms with Gasteiger partial charge in [0.1, 0.15) is 18.6 Å². The summed E-state index contributed by atoms with van der Waals surface area (Å²) < 4.78 is 58.3. The quantitative estimate of drug-likeness (QED) is 0.218. The van der Waals surface area contributed by atoms with E-state index in [1.807, 2.05) is 0 Å². The fourth-order valence-electron chi connectivity index (χ4n) is 2.94. The number of alkyl halides is 2. The number of ether oxygens (including phenoxy) is 2. The number of halogens is 3. The van der Waals surface area contributed by atoms with Crippen molar-refractivity contribution < 1.29 is 36.8 Å². The Bertz CT molecular complexity index is 944. The molecule has 1 aromatic heterocycles. The number of rotatable bonds is 12. The highest BCUT2D eigenvalue weighted by atomic mass is 31.2. The van der Waals surface area contributed by atoms with Crippen LogP contribution in [-0.2, 0) is 23.6 Å². The molecular formula is C18H26F3N4O7P. The van der Waals surface area contributed by atoms with Gasteiger partial charge in [-0.15, -0.1) is 0 Å². The molecule has 0 amide bonds. The Morgan fingerprint density at radius 3 is 2.73 bits per heavy atom. The van der Waals surface area contributed by atoms with Crippen LogP contribution in [0.25, 0.3) is 0 Å². The molecule has 0 aromatic carbocycles. The molecule has 15 heteroatoms. The number of esters is 1. The first kappa shape index (κ1) is 27.1. The zero-order chi connectivity index (χ0) is 24.8. The lowest BCUT2D eigenvalue weighted by atomic mass is 10.0. The summed E-state index contributed by atoms with van der Waals surface area (Å²) >= 11 is 0. The summed E-state index contributed by atoms with van der Waals surface area (Å²) in [4.78, 5) is 47.7. The summed E-state index contributed by atoms with van der Waals surface area (Å²) in [5, 5.41) is 5.42. The van der Waals surface area contributed by atoms with Crippen molar-refractivity contribution >= 4 is 20.7 Å². The number of H-pyrrole nitrogens is 1. The Balaban J connectivity index is 2.12. The van der Waals surface area contributed by atoms with Gasteiger partial charge < -0.3 is 18.8 Å². The number of carbonyl (C=O) groups excluding carboxylic acids is 2. The molecule has 0 radical (unpaired) electrons. The minimum atomic E-state index is -3.04. The van der Waals surface area contributed by atoms with Crippen molar-refractivity contribution in [2.45, 2.75) is 64.0 Å². The molecule has 1 aromatic rings. The van der Waals surface area contributed by atoms with E-state index in [0.29, 0.717) is 17.1 Å². The molecule has 0 saturated carbocycles. The lowest BCUT2D eigenvalue weighted by Gasteiger charge is -2.31. The van der Waals surface area contributed by atoms with Crippen LogP contribution in [0.1, 0.15) is 39.8 Å².